The van der Waals surface area contributed by atoms with Crippen molar-refractivity contribution in [2.75, 3.05) is 6.54 Å². The Morgan fingerprint density at radius 2 is 1.82 bits per heavy atom. The van der Waals surface area contributed by atoms with Crippen LogP contribution in [0.25, 0.3) is 0 Å². The maximum Gasteiger partial charge on any atom is 0.164 e. The number of Topliss-reactive ketones (excluding diaryl/α,β-unsaturated/α-hetero) is 1. The highest BCUT2D eigenvalue weighted by Crippen LogP contribution is 2.11. The van der Waals surface area contributed by atoms with Crippen LogP contribution in [0.1, 0.15) is 48.7 Å². The molecule has 0 saturated heterocycles. The molecule has 0 atom stereocenters. The lowest BCUT2D eigenvalue weighted by atomic mass is 10.0. The van der Waals surface area contributed by atoms with Gasteiger partial charge in [-0.3, -0.25) is 4.79 Å². The van der Waals surface area contributed by atoms with Gasteiger partial charge in [-0.1, -0.05) is 12.1 Å². The Morgan fingerprint density at radius 3 is 2.35 bits per heavy atom. The minimum absolute atomic E-state index is 0.0729. The highest BCUT2D eigenvalue weighted by molar-refractivity contribution is 5.96. The van der Waals surface area contributed by atoms with Gasteiger partial charge in [0, 0.05) is 24.1 Å². The van der Waals surface area contributed by atoms with Gasteiger partial charge in [-0.2, -0.15) is 0 Å². The Bertz CT molecular complexity index is 402. The third kappa shape index (κ3) is 4.70. The molecule has 2 heteroatoms. The van der Waals surface area contributed by atoms with Crippen LogP contribution in [-0.2, 0) is 0 Å². The van der Waals surface area contributed by atoms with E-state index < -0.39 is 0 Å². The van der Waals surface area contributed by atoms with Crippen LogP contribution in [0.4, 0.5) is 0 Å². The minimum atomic E-state index is 0.0729. The first-order valence-corrected chi connectivity index (χ1v) is 6.15. The molecule has 0 unspecified atom stereocenters. The molecule has 1 rings (SSSR count). The average molecular weight is 233 g/mol. The molecule has 0 radical (unpaired) electrons. The number of ketones is 1. The van der Waals surface area contributed by atoms with E-state index in [1.807, 2.05) is 25.1 Å². The maximum absolute atomic E-state index is 12.0. The van der Waals surface area contributed by atoms with Crippen LogP contribution < -0.4 is 5.32 Å². The molecule has 94 valence electrons. The van der Waals surface area contributed by atoms with Gasteiger partial charge in [0.1, 0.15) is 0 Å². The summed E-state index contributed by atoms with van der Waals surface area (Å²) >= 11 is 0. The number of nitrogens with one attached hydrogen (secondary N) is 1. The van der Waals surface area contributed by atoms with Crippen LogP contribution >= 0.6 is 0 Å². The van der Waals surface area contributed by atoms with Crippen molar-refractivity contribution in [3.05, 3.63) is 34.9 Å². The second kappa shape index (κ2) is 5.46. The molecule has 1 aromatic carbocycles. The zero-order valence-electron chi connectivity index (χ0n) is 11.6. The van der Waals surface area contributed by atoms with E-state index in [9.17, 15) is 4.79 Å². The predicted molar refractivity (Wildman–Crippen MR) is 72.6 cm³/mol. The van der Waals surface area contributed by atoms with Crippen molar-refractivity contribution in [1.29, 1.82) is 0 Å². The van der Waals surface area contributed by atoms with Gasteiger partial charge >= 0.3 is 0 Å². The summed E-state index contributed by atoms with van der Waals surface area (Å²) in [4.78, 5) is 12.0. The largest absolute Gasteiger partial charge is 0.312 e. The fourth-order valence-corrected chi connectivity index (χ4v) is 1.61. The van der Waals surface area contributed by atoms with Gasteiger partial charge in [0.25, 0.3) is 0 Å². The molecular weight excluding hydrogens is 210 g/mol. The minimum Gasteiger partial charge on any atom is -0.312 e. The fourth-order valence-electron chi connectivity index (χ4n) is 1.61. The van der Waals surface area contributed by atoms with E-state index in [1.165, 1.54) is 11.1 Å². The normalized spacial score (nSPS) is 11.6. The van der Waals surface area contributed by atoms with E-state index in [0.29, 0.717) is 6.42 Å². The monoisotopic (exact) mass is 233 g/mol. The van der Waals surface area contributed by atoms with Crippen LogP contribution in [0.5, 0.6) is 0 Å². The Hall–Kier alpha value is -1.15. The molecule has 0 fully saturated rings. The van der Waals surface area contributed by atoms with E-state index in [4.69, 9.17) is 0 Å². The summed E-state index contributed by atoms with van der Waals surface area (Å²) in [5.41, 5.74) is 3.31. The quantitative estimate of drug-likeness (QED) is 0.809. The molecule has 0 heterocycles. The highest BCUT2D eigenvalue weighted by Gasteiger charge is 2.11. The summed E-state index contributed by atoms with van der Waals surface area (Å²) in [6, 6.07) is 5.91. The number of hydrogen-bond acceptors (Lipinski definition) is 2. The first kappa shape index (κ1) is 13.9. The van der Waals surface area contributed by atoms with E-state index in [1.54, 1.807) is 0 Å². The Morgan fingerprint density at radius 1 is 1.18 bits per heavy atom. The molecular formula is C15H23NO. The number of hydrogen-bond donors (Lipinski definition) is 1. The highest BCUT2D eigenvalue weighted by atomic mass is 16.1. The molecule has 0 amide bonds. The van der Waals surface area contributed by atoms with Crippen LogP contribution in [0.2, 0.25) is 0 Å². The Kier molecular flexibility index (Phi) is 4.47. The van der Waals surface area contributed by atoms with Crippen LogP contribution in [0, 0.1) is 13.8 Å². The molecule has 0 aliphatic heterocycles. The van der Waals surface area contributed by atoms with Crippen LogP contribution in [0.15, 0.2) is 18.2 Å². The Labute approximate surface area is 104 Å². The number of rotatable bonds is 4. The first-order valence-electron chi connectivity index (χ1n) is 6.15. The molecule has 0 saturated carbocycles. The lowest BCUT2D eigenvalue weighted by molar-refractivity contribution is 0.0980. The molecule has 1 N–H and O–H groups in total. The van der Waals surface area contributed by atoms with Crippen molar-refractivity contribution < 1.29 is 4.79 Å². The maximum atomic E-state index is 12.0. The van der Waals surface area contributed by atoms with Gasteiger partial charge in [-0.05, 0) is 51.8 Å². The first-order chi connectivity index (χ1) is 7.79. The Balaban J connectivity index is 2.56. The number of benzene rings is 1. The second-order valence-electron chi connectivity index (χ2n) is 5.65. The molecule has 17 heavy (non-hydrogen) atoms. The molecule has 0 spiro atoms. The number of carbonyl (C=O) groups excluding carboxylic acids is 1. The van der Waals surface area contributed by atoms with Crippen LogP contribution in [-0.4, -0.2) is 17.9 Å². The predicted octanol–water partition coefficient (Wildman–Crippen LogP) is 3.26. The zero-order chi connectivity index (χ0) is 13.1. The molecule has 0 bridgehead atoms. The molecule has 0 aliphatic carbocycles. The second-order valence-corrected chi connectivity index (χ2v) is 5.65. The number of carbonyl (C=O) groups is 1. The lowest BCUT2D eigenvalue weighted by Crippen LogP contribution is -2.37. The summed E-state index contributed by atoms with van der Waals surface area (Å²) in [5, 5.41) is 3.33. The third-order valence-corrected chi connectivity index (χ3v) is 2.84. The van der Waals surface area contributed by atoms with Crippen molar-refractivity contribution in [2.45, 2.75) is 46.6 Å². The van der Waals surface area contributed by atoms with Gasteiger partial charge < -0.3 is 5.32 Å². The van der Waals surface area contributed by atoms with Crippen molar-refractivity contribution in [3.8, 4) is 0 Å². The summed E-state index contributed by atoms with van der Waals surface area (Å²) in [6.45, 7) is 11.1. The molecule has 2 nitrogen and oxygen atoms in total. The molecule has 0 aliphatic rings. The SMILES string of the molecule is Cc1ccc(C(=O)CCNC(C)(C)C)cc1C. The van der Waals surface area contributed by atoms with Gasteiger partial charge in [-0.25, -0.2) is 0 Å². The van der Waals surface area contributed by atoms with Crippen molar-refractivity contribution in [2.24, 2.45) is 0 Å². The zero-order valence-corrected chi connectivity index (χ0v) is 11.6. The van der Waals surface area contributed by atoms with Gasteiger partial charge in [-0.15, -0.1) is 0 Å². The molecule has 0 aromatic heterocycles. The van der Waals surface area contributed by atoms with Crippen molar-refractivity contribution in [1.82, 2.24) is 5.32 Å². The van der Waals surface area contributed by atoms with E-state index in [0.717, 1.165) is 12.1 Å². The third-order valence-electron chi connectivity index (χ3n) is 2.84. The van der Waals surface area contributed by atoms with E-state index in [2.05, 4.69) is 33.0 Å². The van der Waals surface area contributed by atoms with Crippen molar-refractivity contribution >= 4 is 5.78 Å². The topological polar surface area (TPSA) is 29.1 Å². The van der Waals surface area contributed by atoms with Crippen molar-refractivity contribution in [3.63, 3.8) is 0 Å². The summed E-state index contributed by atoms with van der Waals surface area (Å²) in [5.74, 6) is 0.213. The van der Waals surface area contributed by atoms with Gasteiger partial charge in [0.15, 0.2) is 5.78 Å². The number of aryl methyl sites for hydroxylation is 2. The lowest BCUT2D eigenvalue weighted by Gasteiger charge is -2.20. The van der Waals surface area contributed by atoms with Gasteiger partial charge in [0.2, 0.25) is 0 Å². The van der Waals surface area contributed by atoms with E-state index >= 15 is 0 Å². The summed E-state index contributed by atoms with van der Waals surface area (Å²) in [6.07, 6.45) is 0.555. The average Bonchev–Trinajstić information content (AvgIpc) is 2.20. The van der Waals surface area contributed by atoms with Gasteiger partial charge in [0.05, 0.1) is 0 Å². The van der Waals surface area contributed by atoms with Crippen LogP contribution in [0.3, 0.4) is 0 Å². The summed E-state index contributed by atoms with van der Waals surface area (Å²) in [7, 11) is 0. The standard InChI is InChI=1S/C15H23NO/c1-11-6-7-13(10-12(11)2)14(17)8-9-16-15(3,4)5/h6-7,10,16H,8-9H2,1-5H3. The molecule has 1 aromatic rings. The fraction of sp³-hybridized carbons (Fsp3) is 0.533. The summed E-state index contributed by atoms with van der Waals surface area (Å²) < 4.78 is 0. The smallest absolute Gasteiger partial charge is 0.164 e. The van der Waals surface area contributed by atoms with E-state index in [-0.39, 0.29) is 11.3 Å².